The van der Waals surface area contributed by atoms with Gasteiger partial charge in [-0.05, 0) is 33.6 Å². The summed E-state index contributed by atoms with van der Waals surface area (Å²) in [6.07, 6.45) is 3.24. The van der Waals surface area contributed by atoms with Crippen molar-refractivity contribution in [3.8, 4) is 0 Å². The molecule has 24 heavy (non-hydrogen) atoms. The lowest BCUT2D eigenvalue weighted by Gasteiger charge is -2.01. The molecule has 0 unspecified atom stereocenters. The maximum Gasteiger partial charge on any atom is 0.301 e. The van der Waals surface area contributed by atoms with E-state index in [9.17, 15) is 20.2 Å². The molecule has 2 aromatic carbocycles. The molecule has 0 atom stereocenters. The molecule has 0 aromatic heterocycles. The zero-order chi connectivity index (χ0) is 17.5. The molecule has 0 amide bonds. The van der Waals surface area contributed by atoms with Gasteiger partial charge in [-0.2, -0.15) is 5.10 Å². The van der Waals surface area contributed by atoms with E-state index in [2.05, 4.69) is 26.5 Å². The van der Waals surface area contributed by atoms with Gasteiger partial charge in [-0.3, -0.25) is 25.7 Å². The van der Waals surface area contributed by atoms with E-state index in [1.165, 1.54) is 18.3 Å². The minimum Gasteiger partial charge on any atom is -0.272 e. The van der Waals surface area contributed by atoms with Crippen LogP contribution in [0.2, 0.25) is 0 Å². The second-order valence-corrected chi connectivity index (χ2v) is 5.44. The fraction of sp³-hybridized carbons (Fsp3) is 0. The Morgan fingerprint density at radius 3 is 2.42 bits per heavy atom. The summed E-state index contributed by atoms with van der Waals surface area (Å²) in [4.78, 5) is 20.3. The van der Waals surface area contributed by atoms with Crippen LogP contribution in [-0.2, 0) is 0 Å². The third-order valence-corrected chi connectivity index (χ3v) is 3.30. The van der Waals surface area contributed by atoms with E-state index in [1.807, 2.05) is 36.4 Å². The Morgan fingerprint density at radius 2 is 1.79 bits per heavy atom. The standard InChI is InChI=1S/C15H11BrN4O4/c16-12(8-11-4-2-1-3-5-11)10-17-18-14-7-6-13(19(21)22)9-15(14)20(23)24/h1-10,18H/b12-8-,17-10-. The van der Waals surface area contributed by atoms with Crippen molar-refractivity contribution in [1.82, 2.24) is 0 Å². The first-order chi connectivity index (χ1) is 11.5. The smallest absolute Gasteiger partial charge is 0.272 e. The molecule has 2 rings (SSSR count). The predicted octanol–water partition coefficient (Wildman–Crippen LogP) is 4.34. The van der Waals surface area contributed by atoms with Gasteiger partial charge < -0.3 is 0 Å². The van der Waals surface area contributed by atoms with Gasteiger partial charge in [-0.25, -0.2) is 0 Å². The SMILES string of the molecule is O=[N+]([O-])c1ccc(N/N=C\C(Br)=C\c2ccccc2)c([N+](=O)[O-])c1. The Labute approximate surface area is 144 Å². The number of nitrogens with one attached hydrogen (secondary N) is 1. The molecule has 2 aromatic rings. The summed E-state index contributed by atoms with van der Waals surface area (Å²) in [5.74, 6) is 0. The summed E-state index contributed by atoms with van der Waals surface area (Å²) < 4.78 is 0.644. The van der Waals surface area contributed by atoms with Crippen LogP contribution < -0.4 is 5.43 Å². The van der Waals surface area contributed by atoms with E-state index in [-0.39, 0.29) is 11.4 Å². The van der Waals surface area contributed by atoms with Crippen molar-refractivity contribution in [1.29, 1.82) is 0 Å². The minimum atomic E-state index is -0.709. The summed E-state index contributed by atoms with van der Waals surface area (Å²) in [5.41, 5.74) is 2.74. The molecule has 0 saturated carbocycles. The quantitative estimate of drug-likeness (QED) is 0.448. The van der Waals surface area contributed by atoms with Crippen LogP contribution in [0.4, 0.5) is 17.1 Å². The molecule has 0 aliphatic carbocycles. The van der Waals surface area contributed by atoms with Gasteiger partial charge in [0.25, 0.3) is 5.69 Å². The van der Waals surface area contributed by atoms with Crippen LogP contribution >= 0.6 is 15.9 Å². The third-order valence-electron chi connectivity index (χ3n) is 2.87. The molecule has 0 fully saturated rings. The van der Waals surface area contributed by atoms with E-state index < -0.39 is 15.5 Å². The maximum absolute atomic E-state index is 11.0. The van der Waals surface area contributed by atoms with Gasteiger partial charge in [0.15, 0.2) is 0 Å². The van der Waals surface area contributed by atoms with E-state index in [0.29, 0.717) is 4.48 Å². The monoisotopic (exact) mass is 390 g/mol. The number of hydrogen-bond acceptors (Lipinski definition) is 6. The molecule has 0 heterocycles. The average Bonchev–Trinajstić information content (AvgIpc) is 2.55. The molecule has 8 nitrogen and oxygen atoms in total. The summed E-state index contributed by atoms with van der Waals surface area (Å²) in [6, 6.07) is 12.8. The van der Waals surface area contributed by atoms with E-state index in [4.69, 9.17) is 0 Å². The van der Waals surface area contributed by atoms with Crippen LogP contribution in [-0.4, -0.2) is 16.1 Å². The summed E-state index contributed by atoms with van der Waals surface area (Å²) >= 11 is 3.31. The normalized spacial score (nSPS) is 11.5. The lowest BCUT2D eigenvalue weighted by atomic mass is 10.2. The Hall–Kier alpha value is -3.07. The van der Waals surface area contributed by atoms with Crippen molar-refractivity contribution in [2.45, 2.75) is 0 Å². The van der Waals surface area contributed by atoms with Gasteiger partial charge in [-0.15, -0.1) is 0 Å². The van der Waals surface area contributed by atoms with Crippen molar-refractivity contribution in [3.63, 3.8) is 0 Å². The number of non-ortho nitro benzene ring substituents is 1. The number of allylic oxidation sites excluding steroid dienone is 1. The van der Waals surface area contributed by atoms with Crippen LogP contribution in [0.1, 0.15) is 5.56 Å². The number of hydrogen-bond donors (Lipinski definition) is 1. The fourth-order valence-electron chi connectivity index (χ4n) is 1.79. The van der Waals surface area contributed by atoms with E-state index >= 15 is 0 Å². The maximum atomic E-state index is 11.0. The van der Waals surface area contributed by atoms with E-state index in [1.54, 1.807) is 0 Å². The molecule has 1 N–H and O–H groups in total. The Bertz CT molecular complexity index is 821. The lowest BCUT2D eigenvalue weighted by Crippen LogP contribution is -1.98. The van der Waals surface area contributed by atoms with Crippen molar-refractivity contribution in [2.75, 3.05) is 5.43 Å². The van der Waals surface area contributed by atoms with Crippen LogP contribution in [0, 0.1) is 20.2 Å². The highest BCUT2D eigenvalue weighted by Crippen LogP contribution is 2.28. The van der Waals surface area contributed by atoms with Crippen LogP contribution in [0.5, 0.6) is 0 Å². The second kappa shape index (κ2) is 7.97. The zero-order valence-electron chi connectivity index (χ0n) is 12.1. The summed E-state index contributed by atoms with van der Waals surface area (Å²) in [5, 5.41) is 25.6. The molecule has 0 bridgehead atoms. The first-order valence-electron chi connectivity index (χ1n) is 6.61. The molecular formula is C15H11BrN4O4. The first kappa shape index (κ1) is 17.3. The van der Waals surface area contributed by atoms with Crippen LogP contribution in [0.25, 0.3) is 6.08 Å². The van der Waals surface area contributed by atoms with Gasteiger partial charge in [0, 0.05) is 10.5 Å². The first-order valence-corrected chi connectivity index (χ1v) is 7.41. The lowest BCUT2D eigenvalue weighted by molar-refractivity contribution is -0.393. The topological polar surface area (TPSA) is 111 Å². The van der Waals surface area contributed by atoms with Gasteiger partial charge in [-0.1, -0.05) is 30.3 Å². The number of halogens is 1. The minimum absolute atomic E-state index is 0.0573. The molecule has 0 saturated heterocycles. The number of hydrazone groups is 1. The fourth-order valence-corrected chi connectivity index (χ4v) is 2.16. The van der Waals surface area contributed by atoms with Gasteiger partial charge in [0.05, 0.1) is 22.1 Å². The molecule has 0 aliphatic rings. The number of benzene rings is 2. The number of anilines is 1. The number of nitro groups is 2. The molecule has 0 spiro atoms. The largest absolute Gasteiger partial charge is 0.301 e. The molecule has 0 radical (unpaired) electrons. The van der Waals surface area contributed by atoms with Crippen molar-refractivity contribution < 1.29 is 9.85 Å². The molecule has 122 valence electrons. The van der Waals surface area contributed by atoms with Crippen molar-refractivity contribution in [3.05, 3.63) is 78.8 Å². The van der Waals surface area contributed by atoms with Gasteiger partial charge in [0.2, 0.25) is 0 Å². The van der Waals surface area contributed by atoms with Gasteiger partial charge >= 0.3 is 5.69 Å². The summed E-state index contributed by atoms with van der Waals surface area (Å²) in [6.45, 7) is 0. The number of rotatable bonds is 6. The van der Waals surface area contributed by atoms with Crippen molar-refractivity contribution in [2.24, 2.45) is 5.10 Å². The zero-order valence-corrected chi connectivity index (χ0v) is 13.7. The van der Waals surface area contributed by atoms with Gasteiger partial charge in [0.1, 0.15) is 5.69 Å². The number of nitrogens with zero attached hydrogens (tertiary/aromatic N) is 3. The summed E-state index contributed by atoms with van der Waals surface area (Å²) in [7, 11) is 0. The Kier molecular flexibility index (Phi) is 5.74. The highest BCUT2D eigenvalue weighted by molar-refractivity contribution is 9.12. The predicted molar refractivity (Wildman–Crippen MR) is 95.2 cm³/mol. The second-order valence-electron chi connectivity index (χ2n) is 4.53. The van der Waals surface area contributed by atoms with Crippen LogP contribution in [0.15, 0.2) is 58.1 Å². The van der Waals surface area contributed by atoms with Crippen molar-refractivity contribution >= 4 is 45.3 Å². The third kappa shape index (κ3) is 4.71. The Balaban J connectivity index is 2.15. The molecular weight excluding hydrogens is 380 g/mol. The average molecular weight is 391 g/mol. The Morgan fingerprint density at radius 1 is 1.08 bits per heavy atom. The van der Waals surface area contributed by atoms with E-state index in [0.717, 1.165) is 11.6 Å². The van der Waals surface area contributed by atoms with Crippen LogP contribution in [0.3, 0.4) is 0 Å². The highest BCUT2D eigenvalue weighted by atomic mass is 79.9. The molecule has 0 aliphatic heterocycles. The number of nitro benzene ring substituents is 2. The highest BCUT2D eigenvalue weighted by Gasteiger charge is 2.18. The molecule has 9 heteroatoms.